The third-order valence-electron chi connectivity index (χ3n) is 2.94. The van der Waals surface area contributed by atoms with Crippen LogP contribution in [-0.4, -0.2) is 19.8 Å². The first-order chi connectivity index (χ1) is 7.36. The lowest BCUT2D eigenvalue weighted by Crippen LogP contribution is -2.28. The minimum atomic E-state index is 0.721. The summed E-state index contributed by atoms with van der Waals surface area (Å²) >= 11 is 1.84. The highest BCUT2D eigenvalue weighted by molar-refractivity contribution is 7.10. The fourth-order valence-corrected chi connectivity index (χ4v) is 2.82. The van der Waals surface area contributed by atoms with Gasteiger partial charge in [-0.3, -0.25) is 0 Å². The quantitative estimate of drug-likeness (QED) is 0.850. The summed E-state index contributed by atoms with van der Waals surface area (Å²) in [5, 5.41) is 5.69. The van der Waals surface area contributed by atoms with Crippen molar-refractivity contribution in [3.63, 3.8) is 0 Å². The molecule has 3 heteroatoms. The van der Waals surface area contributed by atoms with Crippen LogP contribution in [0.4, 0.5) is 0 Å². The second-order valence-electron chi connectivity index (χ2n) is 4.24. The topological polar surface area (TPSA) is 21.3 Å². The van der Waals surface area contributed by atoms with Crippen LogP contribution in [0.1, 0.15) is 23.3 Å². The van der Waals surface area contributed by atoms with Crippen LogP contribution in [0.25, 0.3) is 0 Å². The fraction of sp³-hybridized carbons (Fsp3) is 0.667. The summed E-state index contributed by atoms with van der Waals surface area (Å²) in [7, 11) is 0. The lowest BCUT2D eigenvalue weighted by atomic mass is 10.0. The lowest BCUT2D eigenvalue weighted by Gasteiger charge is -2.22. The van der Waals surface area contributed by atoms with E-state index in [1.54, 1.807) is 0 Å². The van der Waals surface area contributed by atoms with Crippen LogP contribution >= 0.6 is 11.3 Å². The largest absolute Gasteiger partial charge is 0.381 e. The molecule has 0 bridgehead atoms. The molecule has 1 unspecified atom stereocenters. The molecule has 0 aromatic carbocycles. The molecule has 0 aliphatic carbocycles. The number of rotatable bonds is 4. The molecule has 1 aliphatic heterocycles. The van der Waals surface area contributed by atoms with Gasteiger partial charge in [-0.05, 0) is 42.7 Å². The summed E-state index contributed by atoms with van der Waals surface area (Å²) in [6, 6.07) is 2.19. The maximum Gasteiger partial charge on any atom is 0.0506 e. The van der Waals surface area contributed by atoms with E-state index in [0.717, 1.165) is 32.2 Å². The molecule has 0 saturated carbocycles. The van der Waals surface area contributed by atoms with Crippen molar-refractivity contribution in [2.45, 2.75) is 26.3 Å². The summed E-state index contributed by atoms with van der Waals surface area (Å²) in [6.45, 7) is 6.19. The van der Waals surface area contributed by atoms with Gasteiger partial charge < -0.3 is 10.1 Å². The third-order valence-corrected chi connectivity index (χ3v) is 3.96. The predicted octanol–water partition coefficient (Wildman–Crippen LogP) is 2.57. The molecule has 1 aliphatic rings. The Morgan fingerprint density at radius 3 is 3.20 bits per heavy atom. The molecular weight excluding hydrogens is 206 g/mol. The summed E-state index contributed by atoms with van der Waals surface area (Å²) in [4.78, 5) is 1.46. The van der Waals surface area contributed by atoms with Gasteiger partial charge >= 0.3 is 0 Å². The van der Waals surface area contributed by atoms with Crippen molar-refractivity contribution in [1.82, 2.24) is 5.32 Å². The van der Waals surface area contributed by atoms with E-state index in [4.69, 9.17) is 4.74 Å². The van der Waals surface area contributed by atoms with Gasteiger partial charge in [-0.15, -0.1) is 11.3 Å². The highest BCUT2D eigenvalue weighted by Crippen LogP contribution is 2.16. The van der Waals surface area contributed by atoms with Crippen LogP contribution < -0.4 is 5.32 Å². The molecule has 15 heavy (non-hydrogen) atoms. The molecule has 0 amide bonds. The van der Waals surface area contributed by atoms with E-state index < -0.39 is 0 Å². The monoisotopic (exact) mass is 225 g/mol. The Kier molecular flexibility index (Phi) is 4.18. The van der Waals surface area contributed by atoms with Gasteiger partial charge in [0.1, 0.15) is 0 Å². The molecule has 1 fully saturated rings. The minimum Gasteiger partial charge on any atom is -0.381 e. The first kappa shape index (κ1) is 11.1. The van der Waals surface area contributed by atoms with E-state index in [2.05, 4.69) is 23.7 Å². The van der Waals surface area contributed by atoms with Crippen molar-refractivity contribution in [3.05, 3.63) is 21.9 Å². The van der Waals surface area contributed by atoms with E-state index >= 15 is 0 Å². The number of hydrogen-bond donors (Lipinski definition) is 1. The molecule has 1 atom stereocenters. The van der Waals surface area contributed by atoms with Gasteiger partial charge in [-0.25, -0.2) is 0 Å². The fourth-order valence-electron chi connectivity index (χ4n) is 1.94. The van der Waals surface area contributed by atoms with E-state index in [-0.39, 0.29) is 0 Å². The third kappa shape index (κ3) is 3.30. The van der Waals surface area contributed by atoms with Crippen molar-refractivity contribution in [3.8, 4) is 0 Å². The summed E-state index contributed by atoms with van der Waals surface area (Å²) in [5.74, 6) is 0.721. The predicted molar refractivity (Wildman–Crippen MR) is 64.3 cm³/mol. The van der Waals surface area contributed by atoms with Gasteiger partial charge in [0.15, 0.2) is 0 Å². The smallest absolute Gasteiger partial charge is 0.0506 e. The van der Waals surface area contributed by atoms with Crippen LogP contribution in [-0.2, 0) is 11.3 Å². The van der Waals surface area contributed by atoms with E-state index in [1.807, 2.05) is 11.3 Å². The highest BCUT2D eigenvalue weighted by atomic mass is 32.1. The first-order valence-electron chi connectivity index (χ1n) is 5.67. The molecule has 2 nitrogen and oxygen atoms in total. The van der Waals surface area contributed by atoms with Crippen molar-refractivity contribution in [1.29, 1.82) is 0 Å². The zero-order chi connectivity index (χ0) is 10.5. The summed E-state index contributed by atoms with van der Waals surface area (Å²) in [6.07, 6.45) is 2.54. The maximum absolute atomic E-state index is 5.46. The van der Waals surface area contributed by atoms with Crippen LogP contribution in [0.5, 0.6) is 0 Å². The highest BCUT2D eigenvalue weighted by Gasteiger charge is 2.13. The van der Waals surface area contributed by atoms with Crippen LogP contribution in [0.2, 0.25) is 0 Å². The van der Waals surface area contributed by atoms with Gasteiger partial charge in [0.25, 0.3) is 0 Å². The minimum absolute atomic E-state index is 0.721. The molecule has 0 spiro atoms. The Bertz CT molecular complexity index is 292. The molecule has 2 heterocycles. The van der Waals surface area contributed by atoms with Crippen LogP contribution in [0, 0.1) is 12.8 Å². The zero-order valence-electron chi connectivity index (χ0n) is 9.29. The Morgan fingerprint density at radius 1 is 1.60 bits per heavy atom. The lowest BCUT2D eigenvalue weighted by molar-refractivity contribution is 0.0548. The molecule has 0 radical (unpaired) electrons. The molecule has 1 saturated heterocycles. The van der Waals surface area contributed by atoms with E-state index in [9.17, 15) is 0 Å². The normalized spacial score (nSPS) is 21.8. The number of hydrogen-bond acceptors (Lipinski definition) is 3. The Labute approximate surface area is 95.6 Å². The molecule has 1 N–H and O–H groups in total. The van der Waals surface area contributed by atoms with Gasteiger partial charge in [0.2, 0.25) is 0 Å². The maximum atomic E-state index is 5.46. The average Bonchev–Trinajstić information content (AvgIpc) is 2.66. The molecule has 1 aromatic rings. The standard InChI is InChI=1S/C12H19NOS/c1-10-4-6-15-12(10)8-13-7-11-3-2-5-14-9-11/h4,6,11,13H,2-3,5,7-9H2,1H3. The number of nitrogens with one attached hydrogen (secondary N) is 1. The number of ether oxygens (including phenoxy) is 1. The molecule has 1 aromatic heterocycles. The second kappa shape index (κ2) is 5.64. The van der Waals surface area contributed by atoms with Crippen LogP contribution in [0.15, 0.2) is 11.4 Å². The summed E-state index contributed by atoms with van der Waals surface area (Å²) < 4.78 is 5.46. The Morgan fingerprint density at radius 2 is 2.53 bits per heavy atom. The number of thiophene rings is 1. The zero-order valence-corrected chi connectivity index (χ0v) is 10.1. The van der Waals surface area contributed by atoms with Crippen LogP contribution in [0.3, 0.4) is 0 Å². The van der Waals surface area contributed by atoms with Crippen molar-refractivity contribution in [2.24, 2.45) is 5.92 Å². The molecule has 2 rings (SSSR count). The van der Waals surface area contributed by atoms with Crippen molar-refractivity contribution in [2.75, 3.05) is 19.8 Å². The van der Waals surface area contributed by atoms with Gasteiger partial charge in [0, 0.05) is 24.6 Å². The average molecular weight is 225 g/mol. The van der Waals surface area contributed by atoms with E-state index in [1.165, 1.54) is 23.3 Å². The molecule has 84 valence electrons. The summed E-state index contributed by atoms with van der Waals surface area (Å²) in [5.41, 5.74) is 1.41. The molecular formula is C12H19NOS. The van der Waals surface area contributed by atoms with Gasteiger partial charge in [-0.1, -0.05) is 0 Å². The first-order valence-corrected chi connectivity index (χ1v) is 6.55. The van der Waals surface area contributed by atoms with Crippen molar-refractivity contribution < 1.29 is 4.74 Å². The Balaban J connectivity index is 1.68. The van der Waals surface area contributed by atoms with Gasteiger partial charge in [-0.2, -0.15) is 0 Å². The van der Waals surface area contributed by atoms with Gasteiger partial charge in [0.05, 0.1) is 6.61 Å². The number of aryl methyl sites for hydroxylation is 1. The second-order valence-corrected chi connectivity index (χ2v) is 5.24. The van der Waals surface area contributed by atoms with Crippen molar-refractivity contribution >= 4 is 11.3 Å². The SMILES string of the molecule is Cc1ccsc1CNCC1CCCOC1. The Hall–Kier alpha value is -0.380. The van der Waals surface area contributed by atoms with E-state index in [0.29, 0.717) is 0 Å².